The maximum absolute atomic E-state index is 8.91. The van der Waals surface area contributed by atoms with Crippen LogP contribution in [0.1, 0.15) is 44.2 Å². The SMILES string of the molecule is Cc1ccc(OCCCCC(C)(C)C#N)c(C)c1. The first kappa shape index (κ1) is 14.6. The second-order valence-electron chi connectivity index (χ2n) is 5.57. The molecule has 0 bridgehead atoms. The fraction of sp³-hybridized carbons (Fsp3) is 0.562. The molecule has 2 nitrogen and oxygen atoms in total. The van der Waals surface area contributed by atoms with Crippen LogP contribution >= 0.6 is 0 Å². The lowest BCUT2D eigenvalue weighted by atomic mass is 9.89. The van der Waals surface area contributed by atoms with E-state index in [0.29, 0.717) is 0 Å². The molecule has 0 aromatic heterocycles. The Labute approximate surface area is 111 Å². The Kier molecular flexibility index (Phi) is 5.22. The molecule has 0 saturated heterocycles. The highest BCUT2D eigenvalue weighted by Crippen LogP contribution is 2.22. The molecule has 1 rings (SSSR count). The summed E-state index contributed by atoms with van der Waals surface area (Å²) in [5, 5.41) is 8.91. The van der Waals surface area contributed by atoms with Crippen LogP contribution in [0.4, 0.5) is 0 Å². The van der Waals surface area contributed by atoms with Crippen LogP contribution in [0.25, 0.3) is 0 Å². The Morgan fingerprint density at radius 1 is 1.22 bits per heavy atom. The van der Waals surface area contributed by atoms with Crippen molar-refractivity contribution in [2.75, 3.05) is 6.61 Å². The molecule has 1 aromatic carbocycles. The molecule has 0 radical (unpaired) electrons. The van der Waals surface area contributed by atoms with Gasteiger partial charge in [0, 0.05) is 0 Å². The molecule has 2 heteroatoms. The van der Waals surface area contributed by atoms with E-state index in [4.69, 9.17) is 10.00 Å². The van der Waals surface area contributed by atoms with Gasteiger partial charge in [0.15, 0.2) is 0 Å². The van der Waals surface area contributed by atoms with Gasteiger partial charge in [0.05, 0.1) is 18.1 Å². The number of ether oxygens (including phenoxy) is 1. The maximum Gasteiger partial charge on any atom is 0.122 e. The first-order chi connectivity index (χ1) is 8.44. The van der Waals surface area contributed by atoms with Crippen molar-refractivity contribution >= 4 is 0 Å². The number of hydrogen-bond donors (Lipinski definition) is 0. The number of nitriles is 1. The van der Waals surface area contributed by atoms with E-state index < -0.39 is 0 Å². The Morgan fingerprint density at radius 2 is 1.94 bits per heavy atom. The highest BCUT2D eigenvalue weighted by atomic mass is 16.5. The van der Waals surface area contributed by atoms with Crippen LogP contribution in [0.2, 0.25) is 0 Å². The van der Waals surface area contributed by atoms with Gasteiger partial charge in [0.25, 0.3) is 0 Å². The summed E-state index contributed by atoms with van der Waals surface area (Å²) in [6.07, 6.45) is 2.96. The lowest BCUT2D eigenvalue weighted by Crippen LogP contribution is -2.08. The molecular weight excluding hydrogens is 222 g/mol. The van der Waals surface area contributed by atoms with Gasteiger partial charge in [-0.1, -0.05) is 17.7 Å². The molecule has 1 aromatic rings. The van der Waals surface area contributed by atoms with Gasteiger partial charge in [0.2, 0.25) is 0 Å². The zero-order chi connectivity index (χ0) is 13.6. The summed E-state index contributed by atoms with van der Waals surface area (Å²) in [7, 11) is 0. The van der Waals surface area contributed by atoms with E-state index in [1.807, 2.05) is 19.9 Å². The van der Waals surface area contributed by atoms with Crippen LogP contribution in [-0.4, -0.2) is 6.61 Å². The highest BCUT2D eigenvalue weighted by molar-refractivity contribution is 5.35. The molecule has 0 atom stereocenters. The van der Waals surface area contributed by atoms with Gasteiger partial charge < -0.3 is 4.74 Å². The third kappa shape index (κ3) is 4.79. The second-order valence-corrected chi connectivity index (χ2v) is 5.57. The Bertz CT molecular complexity index is 429. The molecule has 0 aliphatic heterocycles. The molecule has 0 N–H and O–H groups in total. The van der Waals surface area contributed by atoms with E-state index in [9.17, 15) is 0 Å². The lowest BCUT2D eigenvalue weighted by molar-refractivity contribution is 0.293. The summed E-state index contributed by atoms with van der Waals surface area (Å²) in [6, 6.07) is 8.56. The van der Waals surface area contributed by atoms with Crippen LogP contribution in [0, 0.1) is 30.6 Å². The zero-order valence-electron chi connectivity index (χ0n) is 11.9. The molecule has 0 aliphatic rings. The van der Waals surface area contributed by atoms with Gasteiger partial charge >= 0.3 is 0 Å². The van der Waals surface area contributed by atoms with Crippen LogP contribution in [-0.2, 0) is 0 Å². The molecule has 0 unspecified atom stereocenters. The van der Waals surface area contributed by atoms with Gasteiger partial charge in [-0.25, -0.2) is 0 Å². The summed E-state index contributed by atoms with van der Waals surface area (Å²) >= 11 is 0. The molecule has 0 amide bonds. The van der Waals surface area contributed by atoms with Crippen LogP contribution in [0.5, 0.6) is 5.75 Å². The first-order valence-electron chi connectivity index (χ1n) is 6.56. The number of aryl methyl sites for hydroxylation is 2. The fourth-order valence-corrected chi connectivity index (χ4v) is 1.87. The van der Waals surface area contributed by atoms with Crippen LogP contribution in [0.15, 0.2) is 18.2 Å². The number of unbranched alkanes of at least 4 members (excludes halogenated alkanes) is 1. The van der Waals surface area contributed by atoms with E-state index in [-0.39, 0.29) is 5.41 Å². The molecule has 0 heterocycles. The molecule has 0 aliphatic carbocycles. The second kappa shape index (κ2) is 6.44. The van der Waals surface area contributed by atoms with Crippen molar-refractivity contribution in [3.63, 3.8) is 0 Å². The third-order valence-corrected chi connectivity index (χ3v) is 3.09. The van der Waals surface area contributed by atoms with Crippen molar-refractivity contribution in [2.24, 2.45) is 5.41 Å². The van der Waals surface area contributed by atoms with Gasteiger partial charge in [-0.05, 0) is 58.6 Å². The standard InChI is InChI=1S/C16H23NO/c1-13-7-8-15(14(2)11-13)18-10-6-5-9-16(3,4)12-17/h7-8,11H,5-6,9-10H2,1-4H3. The minimum atomic E-state index is -0.209. The number of rotatable bonds is 6. The highest BCUT2D eigenvalue weighted by Gasteiger charge is 2.15. The average Bonchev–Trinajstić information content (AvgIpc) is 2.31. The predicted octanol–water partition coefficient (Wildman–Crippen LogP) is 4.40. The summed E-state index contributed by atoms with van der Waals surface area (Å²) in [5.74, 6) is 0.972. The van der Waals surface area contributed by atoms with Gasteiger partial charge in [0.1, 0.15) is 5.75 Å². The number of benzene rings is 1. The first-order valence-corrected chi connectivity index (χ1v) is 6.56. The quantitative estimate of drug-likeness (QED) is 0.696. The largest absolute Gasteiger partial charge is 0.493 e. The van der Waals surface area contributed by atoms with Crippen LogP contribution in [0.3, 0.4) is 0 Å². The van der Waals surface area contributed by atoms with E-state index in [1.54, 1.807) is 0 Å². The lowest BCUT2D eigenvalue weighted by Gasteiger charge is -2.15. The monoisotopic (exact) mass is 245 g/mol. The van der Waals surface area contributed by atoms with E-state index in [1.165, 1.54) is 11.1 Å². The van der Waals surface area contributed by atoms with Crippen LogP contribution < -0.4 is 4.74 Å². The number of nitrogens with zero attached hydrogens (tertiary/aromatic N) is 1. The number of hydrogen-bond acceptors (Lipinski definition) is 2. The maximum atomic E-state index is 8.91. The van der Waals surface area contributed by atoms with Crippen molar-refractivity contribution in [3.05, 3.63) is 29.3 Å². The predicted molar refractivity (Wildman–Crippen MR) is 74.7 cm³/mol. The molecular formula is C16H23NO. The fourth-order valence-electron chi connectivity index (χ4n) is 1.87. The Morgan fingerprint density at radius 3 is 2.56 bits per heavy atom. The molecule has 0 spiro atoms. The molecule has 0 fully saturated rings. The van der Waals surface area contributed by atoms with E-state index in [2.05, 4.69) is 32.0 Å². The summed E-state index contributed by atoms with van der Waals surface area (Å²) < 4.78 is 5.76. The van der Waals surface area contributed by atoms with Crippen molar-refractivity contribution in [1.82, 2.24) is 0 Å². The zero-order valence-corrected chi connectivity index (χ0v) is 11.9. The third-order valence-electron chi connectivity index (χ3n) is 3.09. The normalized spacial score (nSPS) is 11.1. The van der Waals surface area contributed by atoms with Crippen molar-refractivity contribution in [1.29, 1.82) is 5.26 Å². The smallest absolute Gasteiger partial charge is 0.122 e. The van der Waals surface area contributed by atoms with E-state index in [0.717, 1.165) is 31.6 Å². The topological polar surface area (TPSA) is 33.0 Å². The Balaban J connectivity index is 2.29. The van der Waals surface area contributed by atoms with Crippen molar-refractivity contribution < 1.29 is 4.74 Å². The summed E-state index contributed by atoms with van der Waals surface area (Å²) in [4.78, 5) is 0. The summed E-state index contributed by atoms with van der Waals surface area (Å²) in [6.45, 7) is 8.85. The van der Waals surface area contributed by atoms with Gasteiger partial charge in [-0.15, -0.1) is 0 Å². The van der Waals surface area contributed by atoms with Gasteiger partial charge in [-0.3, -0.25) is 0 Å². The molecule has 18 heavy (non-hydrogen) atoms. The summed E-state index contributed by atoms with van der Waals surface area (Å²) in [5.41, 5.74) is 2.24. The minimum absolute atomic E-state index is 0.209. The van der Waals surface area contributed by atoms with E-state index >= 15 is 0 Å². The molecule has 98 valence electrons. The van der Waals surface area contributed by atoms with Crippen molar-refractivity contribution in [3.8, 4) is 11.8 Å². The Hall–Kier alpha value is -1.49. The molecule has 0 saturated carbocycles. The van der Waals surface area contributed by atoms with Gasteiger partial charge in [-0.2, -0.15) is 5.26 Å². The van der Waals surface area contributed by atoms with Crippen molar-refractivity contribution in [2.45, 2.75) is 47.0 Å². The minimum Gasteiger partial charge on any atom is -0.493 e. The average molecular weight is 245 g/mol.